The third-order valence-corrected chi connectivity index (χ3v) is 4.15. The van der Waals surface area contributed by atoms with E-state index in [1.807, 2.05) is 6.20 Å². The average Bonchev–Trinajstić information content (AvgIpc) is 2.88. The second-order valence-electron chi connectivity index (χ2n) is 4.77. The molecule has 94 valence electrons. The summed E-state index contributed by atoms with van der Waals surface area (Å²) in [5.74, 6) is 0.531. The number of anilines is 1. The quantitative estimate of drug-likeness (QED) is 0.866. The number of hydrogen-bond acceptors (Lipinski definition) is 4. The summed E-state index contributed by atoms with van der Waals surface area (Å²) >= 11 is 1.56. The van der Waals surface area contributed by atoms with Crippen LogP contribution in [0.1, 0.15) is 43.9 Å². The van der Waals surface area contributed by atoms with E-state index in [4.69, 9.17) is 0 Å². The molecule has 4 nitrogen and oxygen atoms in total. The standard InChI is InChI=1S/C12H19N3OS/c1-8(2)10-7-14-12(17-10)15-11(16)6-9-4-3-5-13-9/h7-9,13H,3-6H2,1-2H3,(H,14,15,16). The Balaban J connectivity index is 1.84. The van der Waals surface area contributed by atoms with E-state index in [0.717, 1.165) is 18.1 Å². The molecule has 5 heteroatoms. The van der Waals surface area contributed by atoms with Crippen molar-refractivity contribution in [2.75, 3.05) is 11.9 Å². The molecule has 0 radical (unpaired) electrons. The number of nitrogens with one attached hydrogen (secondary N) is 2. The maximum Gasteiger partial charge on any atom is 0.227 e. The molecule has 1 fully saturated rings. The minimum Gasteiger partial charge on any atom is -0.313 e. The Hall–Kier alpha value is -0.940. The minimum atomic E-state index is 0.0639. The van der Waals surface area contributed by atoms with Gasteiger partial charge in [0.05, 0.1) is 0 Å². The molecule has 1 aliphatic rings. The summed E-state index contributed by atoms with van der Waals surface area (Å²) in [6.45, 7) is 5.29. The molecule has 1 amide bonds. The predicted molar refractivity (Wildman–Crippen MR) is 70.5 cm³/mol. The zero-order valence-electron chi connectivity index (χ0n) is 10.3. The van der Waals surface area contributed by atoms with Gasteiger partial charge in [0.1, 0.15) is 0 Å². The Kier molecular flexibility index (Phi) is 4.12. The van der Waals surface area contributed by atoms with Crippen molar-refractivity contribution in [1.29, 1.82) is 0 Å². The molecule has 1 unspecified atom stereocenters. The van der Waals surface area contributed by atoms with Crippen molar-refractivity contribution >= 4 is 22.4 Å². The van der Waals surface area contributed by atoms with Gasteiger partial charge in [0.25, 0.3) is 0 Å². The first-order valence-corrected chi connectivity index (χ1v) is 6.96. The first-order chi connectivity index (χ1) is 8.15. The van der Waals surface area contributed by atoms with Crippen LogP contribution in [0.5, 0.6) is 0 Å². The zero-order chi connectivity index (χ0) is 12.3. The molecule has 1 aliphatic heterocycles. The summed E-state index contributed by atoms with van der Waals surface area (Å²) in [5.41, 5.74) is 0. The molecule has 0 bridgehead atoms. The van der Waals surface area contributed by atoms with Gasteiger partial charge in [-0.25, -0.2) is 4.98 Å². The maximum atomic E-state index is 11.8. The molecule has 0 aliphatic carbocycles. The van der Waals surface area contributed by atoms with Crippen LogP contribution in [0.3, 0.4) is 0 Å². The van der Waals surface area contributed by atoms with Crippen molar-refractivity contribution in [3.8, 4) is 0 Å². The number of carbonyl (C=O) groups excluding carboxylic acids is 1. The van der Waals surface area contributed by atoms with Gasteiger partial charge in [0.2, 0.25) is 5.91 Å². The van der Waals surface area contributed by atoms with E-state index in [2.05, 4.69) is 29.5 Å². The van der Waals surface area contributed by atoms with E-state index in [1.165, 1.54) is 11.3 Å². The highest BCUT2D eigenvalue weighted by Gasteiger charge is 2.18. The molecule has 1 atom stereocenters. The Morgan fingerprint density at radius 3 is 3.12 bits per heavy atom. The van der Waals surface area contributed by atoms with E-state index < -0.39 is 0 Å². The second kappa shape index (κ2) is 5.60. The first kappa shape index (κ1) is 12.5. The summed E-state index contributed by atoms with van der Waals surface area (Å²) in [6.07, 6.45) is 4.67. The van der Waals surface area contributed by atoms with Crippen molar-refractivity contribution in [3.63, 3.8) is 0 Å². The van der Waals surface area contributed by atoms with Crippen LogP contribution in [-0.2, 0) is 4.79 Å². The van der Waals surface area contributed by atoms with E-state index >= 15 is 0 Å². The number of carbonyl (C=O) groups is 1. The molecule has 1 aromatic heterocycles. The van der Waals surface area contributed by atoms with Crippen molar-refractivity contribution in [2.45, 2.75) is 45.1 Å². The molecule has 0 spiro atoms. The summed E-state index contributed by atoms with van der Waals surface area (Å²) in [6, 6.07) is 0.347. The van der Waals surface area contributed by atoms with Crippen LogP contribution in [0.15, 0.2) is 6.20 Å². The van der Waals surface area contributed by atoms with Crippen molar-refractivity contribution in [3.05, 3.63) is 11.1 Å². The number of thiazole rings is 1. The van der Waals surface area contributed by atoms with Crippen molar-refractivity contribution in [2.24, 2.45) is 0 Å². The Labute approximate surface area is 106 Å². The third-order valence-electron chi connectivity index (χ3n) is 2.93. The fourth-order valence-corrected chi connectivity index (χ4v) is 2.77. The summed E-state index contributed by atoms with van der Waals surface area (Å²) < 4.78 is 0. The van der Waals surface area contributed by atoms with Gasteiger partial charge in [-0.05, 0) is 25.3 Å². The number of nitrogens with zero attached hydrogens (tertiary/aromatic N) is 1. The van der Waals surface area contributed by atoms with Crippen LogP contribution in [0, 0.1) is 0 Å². The lowest BCUT2D eigenvalue weighted by atomic mass is 10.1. The molecule has 2 N–H and O–H groups in total. The molecule has 0 saturated carbocycles. The summed E-state index contributed by atoms with van der Waals surface area (Å²) in [7, 11) is 0. The van der Waals surface area contributed by atoms with E-state index in [9.17, 15) is 4.79 Å². The highest BCUT2D eigenvalue weighted by molar-refractivity contribution is 7.15. The van der Waals surface area contributed by atoms with Gasteiger partial charge < -0.3 is 10.6 Å². The average molecular weight is 253 g/mol. The highest BCUT2D eigenvalue weighted by Crippen LogP contribution is 2.25. The first-order valence-electron chi connectivity index (χ1n) is 6.14. The zero-order valence-corrected chi connectivity index (χ0v) is 11.1. The van der Waals surface area contributed by atoms with Crippen molar-refractivity contribution < 1.29 is 4.79 Å². The molecule has 1 aromatic rings. The van der Waals surface area contributed by atoms with Gasteiger partial charge in [-0.1, -0.05) is 13.8 Å². The maximum absolute atomic E-state index is 11.8. The van der Waals surface area contributed by atoms with Crippen LogP contribution < -0.4 is 10.6 Å². The smallest absolute Gasteiger partial charge is 0.227 e. The van der Waals surface area contributed by atoms with Crippen LogP contribution in [0.4, 0.5) is 5.13 Å². The third kappa shape index (κ3) is 3.51. The number of amides is 1. The molecular weight excluding hydrogens is 234 g/mol. The molecule has 2 rings (SSSR count). The Morgan fingerprint density at radius 2 is 2.53 bits per heavy atom. The molecule has 0 aromatic carbocycles. The number of rotatable bonds is 4. The van der Waals surface area contributed by atoms with Gasteiger partial charge in [-0.15, -0.1) is 11.3 Å². The van der Waals surface area contributed by atoms with Gasteiger partial charge in [0.15, 0.2) is 5.13 Å². The molecule has 1 saturated heterocycles. The molecular formula is C12H19N3OS. The van der Waals surface area contributed by atoms with Gasteiger partial charge in [-0.2, -0.15) is 0 Å². The van der Waals surface area contributed by atoms with Crippen molar-refractivity contribution in [1.82, 2.24) is 10.3 Å². The van der Waals surface area contributed by atoms with Gasteiger partial charge in [0, 0.05) is 23.5 Å². The second-order valence-corrected chi connectivity index (χ2v) is 5.83. The van der Waals surface area contributed by atoms with E-state index in [1.54, 1.807) is 11.3 Å². The molecule has 17 heavy (non-hydrogen) atoms. The predicted octanol–water partition coefficient (Wildman–Crippen LogP) is 2.35. The normalized spacial score (nSPS) is 19.8. The fourth-order valence-electron chi connectivity index (χ4n) is 1.94. The van der Waals surface area contributed by atoms with Crippen LogP contribution in [-0.4, -0.2) is 23.5 Å². The monoisotopic (exact) mass is 253 g/mol. The largest absolute Gasteiger partial charge is 0.313 e. The summed E-state index contributed by atoms with van der Waals surface area (Å²) in [5, 5.41) is 6.91. The SMILES string of the molecule is CC(C)c1cnc(NC(=O)CC2CCCN2)s1. The van der Waals surface area contributed by atoms with Gasteiger partial charge in [-0.3, -0.25) is 4.79 Å². The van der Waals surface area contributed by atoms with Crippen LogP contribution in [0.2, 0.25) is 0 Å². The minimum absolute atomic E-state index is 0.0639. The molecule has 2 heterocycles. The lowest BCUT2D eigenvalue weighted by Gasteiger charge is -2.08. The Morgan fingerprint density at radius 1 is 1.71 bits per heavy atom. The lowest BCUT2D eigenvalue weighted by Crippen LogP contribution is -2.27. The van der Waals surface area contributed by atoms with E-state index in [-0.39, 0.29) is 5.91 Å². The van der Waals surface area contributed by atoms with Gasteiger partial charge >= 0.3 is 0 Å². The van der Waals surface area contributed by atoms with Crippen LogP contribution >= 0.6 is 11.3 Å². The number of aromatic nitrogens is 1. The number of hydrogen-bond donors (Lipinski definition) is 2. The lowest BCUT2D eigenvalue weighted by molar-refractivity contribution is -0.116. The van der Waals surface area contributed by atoms with Crippen LogP contribution in [0.25, 0.3) is 0 Å². The topological polar surface area (TPSA) is 54.0 Å². The fraction of sp³-hybridized carbons (Fsp3) is 0.667. The highest BCUT2D eigenvalue weighted by atomic mass is 32.1. The van der Waals surface area contributed by atoms with E-state index in [0.29, 0.717) is 18.4 Å². The Bertz CT molecular complexity index is 383. The summed E-state index contributed by atoms with van der Waals surface area (Å²) in [4.78, 5) is 17.2.